The number of nitrogens with one attached hydrogen (secondary N) is 1. The summed E-state index contributed by atoms with van der Waals surface area (Å²) in [4.78, 5) is 22.1. The second-order valence-corrected chi connectivity index (χ2v) is 5.36. The lowest BCUT2D eigenvalue weighted by atomic mass is 9.92. The van der Waals surface area contributed by atoms with Crippen molar-refractivity contribution in [2.75, 3.05) is 6.61 Å². The van der Waals surface area contributed by atoms with E-state index in [0.29, 0.717) is 0 Å². The first-order valence-corrected chi connectivity index (χ1v) is 6.72. The molecule has 0 aliphatic carbocycles. The summed E-state index contributed by atoms with van der Waals surface area (Å²) in [7, 11) is 0. The molecule has 1 aliphatic heterocycles. The monoisotopic (exact) mass is 395 g/mol. The van der Waals surface area contributed by atoms with Crippen LogP contribution in [0.2, 0.25) is 0 Å². The lowest BCUT2D eigenvalue weighted by molar-refractivity contribution is -0.273. The third kappa shape index (κ3) is 3.87. The molecule has 0 bridgehead atoms. The van der Waals surface area contributed by atoms with Crippen molar-refractivity contribution in [1.29, 1.82) is 0 Å². The average Bonchev–Trinajstić information content (AvgIpc) is 2.38. The van der Waals surface area contributed by atoms with E-state index in [0.717, 1.165) is 6.92 Å². The molecule has 0 spiro atoms. The fourth-order valence-corrected chi connectivity index (χ4v) is 2.62. The lowest BCUT2D eigenvalue weighted by Crippen LogP contribution is -2.74. The molecule has 22 heavy (non-hydrogen) atoms. The average molecular weight is 396 g/mol. The predicted molar refractivity (Wildman–Crippen MR) is 65.4 cm³/mol. The van der Waals surface area contributed by atoms with E-state index in [1.807, 2.05) is 0 Å². The minimum Gasteiger partial charge on any atom is -0.454 e. The Bertz CT molecular complexity index is 449. The van der Waals surface area contributed by atoms with Gasteiger partial charge >= 0.3 is 18.1 Å². The van der Waals surface area contributed by atoms with Crippen LogP contribution in [0.4, 0.5) is 13.2 Å². The van der Waals surface area contributed by atoms with Crippen LogP contribution in [0.15, 0.2) is 0 Å². The molecular formula is C10H13BrF3NO7. The molecule has 1 heterocycles. The van der Waals surface area contributed by atoms with Crippen LogP contribution < -0.4 is 5.32 Å². The molecule has 128 valence electrons. The first-order chi connectivity index (χ1) is 9.93. The molecule has 5 atom stereocenters. The number of halogens is 4. The summed E-state index contributed by atoms with van der Waals surface area (Å²) in [6.45, 7) is 0.0243. The molecule has 1 fully saturated rings. The van der Waals surface area contributed by atoms with E-state index < -0.39 is 53.7 Å². The molecule has 4 N–H and O–H groups in total. The van der Waals surface area contributed by atoms with Crippen molar-refractivity contribution in [3.8, 4) is 0 Å². The van der Waals surface area contributed by atoms with Gasteiger partial charge in [-0.25, -0.2) is 0 Å². The molecule has 1 aliphatic rings. The molecule has 1 amide bonds. The molecule has 1 rings (SSSR count). The Morgan fingerprint density at radius 3 is 2.41 bits per heavy atom. The number of carbonyl (C=O) groups is 2. The highest BCUT2D eigenvalue weighted by molar-refractivity contribution is 9.09. The van der Waals surface area contributed by atoms with Gasteiger partial charge in [-0.05, 0) is 0 Å². The molecule has 1 saturated heterocycles. The summed E-state index contributed by atoms with van der Waals surface area (Å²) in [5.74, 6) is -3.57. The normalized spacial score (nSPS) is 35.8. The number of amides is 1. The first-order valence-electron chi connectivity index (χ1n) is 5.80. The van der Waals surface area contributed by atoms with Crippen molar-refractivity contribution in [3.05, 3.63) is 0 Å². The molecule has 0 unspecified atom stereocenters. The lowest BCUT2D eigenvalue weighted by Gasteiger charge is -2.47. The Balaban J connectivity index is 3.17. The minimum atomic E-state index is -5.36. The fourth-order valence-electron chi connectivity index (χ4n) is 1.83. The second-order valence-electron chi connectivity index (χ2n) is 4.46. The Morgan fingerprint density at radius 1 is 1.45 bits per heavy atom. The number of aliphatic hydroxyl groups is 3. The molecule has 8 nitrogen and oxygen atoms in total. The molecule has 0 saturated carbocycles. The van der Waals surface area contributed by atoms with Gasteiger partial charge in [-0.1, -0.05) is 15.9 Å². The van der Waals surface area contributed by atoms with Crippen LogP contribution in [-0.4, -0.2) is 69.0 Å². The van der Waals surface area contributed by atoms with Gasteiger partial charge in [-0.3, -0.25) is 9.59 Å². The molecule has 0 radical (unpaired) electrons. The summed E-state index contributed by atoms with van der Waals surface area (Å²) in [5, 5.41) is 28.9. The SMILES string of the molecule is CC(=O)O[C@@H]1[C@@H](Br)O[C@H](CO)[C@@H](O)[C@]1(O)NC(=O)C(F)(F)F. The quantitative estimate of drug-likeness (QED) is 0.267. The highest BCUT2D eigenvalue weighted by Crippen LogP contribution is 2.34. The van der Waals surface area contributed by atoms with Gasteiger partial charge in [0, 0.05) is 6.92 Å². The van der Waals surface area contributed by atoms with Crippen molar-refractivity contribution in [3.63, 3.8) is 0 Å². The number of ether oxygens (including phenoxy) is 2. The predicted octanol–water partition coefficient (Wildman–Crippen LogP) is -1.24. The summed E-state index contributed by atoms with van der Waals surface area (Å²) < 4.78 is 46.7. The van der Waals surface area contributed by atoms with E-state index in [1.165, 1.54) is 5.32 Å². The van der Waals surface area contributed by atoms with Crippen LogP contribution in [0.1, 0.15) is 6.92 Å². The number of carbonyl (C=O) groups excluding carboxylic acids is 2. The van der Waals surface area contributed by atoms with Gasteiger partial charge in [0.1, 0.15) is 12.2 Å². The number of hydrogen-bond donors (Lipinski definition) is 4. The van der Waals surface area contributed by atoms with Crippen LogP contribution in [-0.2, 0) is 19.1 Å². The second kappa shape index (κ2) is 6.66. The maximum atomic E-state index is 12.4. The van der Waals surface area contributed by atoms with E-state index in [9.17, 15) is 33.0 Å². The van der Waals surface area contributed by atoms with E-state index in [2.05, 4.69) is 20.7 Å². The summed E-state index contributed by atoms with van der Waals surface area (Å²) in [6.07, 6.45) is -11.0. The highest BCUT2D eigenvalue weighted by atomic mass is 79.9. The molecule has 0 aromatic carbocycles. The van der Waals surface area contributed by atoms with Crippen molar-refractivity contribution in [1.82, 2.24) is 5.32 Å². The molecule has 12 heteroatoms. The van der Waals surface area contributed by atoms with Gasteiger partial charge in [0.2, 0.25) is 5.72 Å². The highest BCUT2D eigenvalue weighted by Gasteiger charge is 2.59. The van der Waals surface area contributed by atoms with Crippen LogP contribution >= 0.6 is 15.9 Å². The Labute approximate surface area is 130 Å². The zero-order chi connectivity index (χ0) is 17.3. The van der Waals surface area contributed by atoms with E-state index >= 15 is 0 Å². The number of aliphatic hydroxyl groups excluding tert-OH is 2. The Morgan fingerprint density at radius 2 is 2.00 bits per heavy atom. The van der Waals surface area contributed by atoms with Gasteiger partial charge in [0.05, 0.1) is 6.61 Å². The van der Waals surface area contributed by atoms with E-state index in [1.54, 1.807) is 0 Å². The third-order valence-corrected chi connectivity index (χ3v) is 3.52. The zero-order valence-electron chi connectivity index (χ0n) is 11.0. The topological polar surface area (TPSA) is 125 Å². The maximum absolute atomic E-state index is 12.4. The van der Waals surface area contributed by atoms with Gasteiger partial charge in [-0.15, -0.1) is 0 Å². The molecule has 0 aromatic heterocycles. The number of hydrogen-bond acceptors (Lipinski definition) is 7. The Hall–Kier alpha value is -0.950. The van der Waals surface area contributed by atoms with Crippen LogP contribution in [0.5, 0.6) is 0 Å². The van der Waals surface area contributed by atoms with Gasteiger partial charge < -0.3 is 30.1 Å². The number of esters is 1. The summed E-state index contributed by atoms with van der Waals surface area (Å²) in [6, 6.07) is 0. The van der Waals surface area contributed by atoms with Gasteiger partial charge in [0.15, 0.2) is 11.1 Å². The minimum absolute atomic E-state index is 0.875. The first kappa shape index (κ1) is 19.1. The van der Waals surface area contributed by atoms with Crippen molar-refractivity contribution in [2.45, 2.75) is 42.2 Å². The van der Waals surface area contributed by atoms with Crippen LogP contribution in [0.3, 0.4) is 0 Å². The van der Waals surface area contributed by atoms with Crippen molar-refractivity contribution < 1.29 is 47.6 Å². The maximum Gasteiger partial charge on any atom is 0.471 e. The summed E-state index contributed by atoms with van der Waals surface area (Å²) in [5.41, 5.74) is -3.03. The number of alkyl halides is 4. The van der Waals surface area contributed by atoms with E-state index in [4.69, 9.17) is 9.84 Å². The zero-order valence-corrected chi connectivity index (χ0v) is 12.6. The smallest absolute Gasteiger partial charge is 0.454 e. The largest absolute Gasteiger partial charge is 0.471 e. The summed E-state index contributed by atoms with van der Waals surface area (Å²) >= 11 is 2.79. The van der Waals surface area contributed by atoms with Gasteiger partial charge in [0.25, 0.3) is 0 Å². The fraction of sp³-hybridized carbons (Fsp3) is 0.800. The van der Waals surface area contributed by atoms with Crippen molar-refractivity contribution in [2.24, 2.45) is 0 Å². The number of rotatable bonds is 3. The van der Waals surface area contributed by atoms with Gasteiger partial charge in [-0.2, -0.15) is 13.2 Å². The van der Waals surface area contributed by atoms with Crippen LogP contribution in [0, 0.1) is 0 Å². The molecular weight excluding hydrogens is 383 g/mol. The molecule has 0 aromatic rings. The van der Waals surface area contributed by atoms with Crippen LogP contribution in [0.25, 0.3) is 0 Å². The van der Waals surface area contributed by atoms with Crippen molar-refractivity contribution >= 4 is 27.8 Å². The standard InChI is InChI=1S/C10H13BrF3NO7/c1-3(17)21-6-7(11)22-4(2-16)5(18)9(6,20)15-8(19)10(12,13)14/h4-7,16,18,20H,2H2,1H3,(H,15,19)/t4-,5-,6-,7+,9-/m1/s1. The van der Waals surface area contributed by atoms with E-state index in [-0.39, 0.29) is 0 Å². The Kier molecular flexibility index (Phi) is 5.78. The third-order valence-electron chi connectivity index (χ3n) is 2.82.